The highest BCUT2D eigenvalue weighted by molar-refractivity contribution is 6.05. The fraction of sp³-hybridized carbons (Fsp3) is 0.350. The van der Waals surface area contributed by atoms with Crippen LogP contribution in [0.4, 0.5) is 0 Å². The minimum Gasteiger partial charge on any atom is -0.348 e. The van der Waals surface area contributed by atoms with Crippen molar-refractivity contribution in [3.8, 4) is 0 Å². The molecule has 0 atom stereocenters. The van der Waals surface area contributed by atoms with Crippen LogP contribution in [0.15, 0.2) is 42.6 Å². The van der Waals surface area contributed by atoms with Gasteiger partial charge in [-0.25, -0.2) is 9.67 Å². The summed E-state index contributed by atoms with van der Waals surface area (Å²) in [6.07, 6.45) is 4.06. The lowest BCUT2D eigenvalue weighted by Gasteiger charge is -2.11. The average Bonchev–Trinajstić information content (AvgIpc) is 3.38. The maximum absolute atomic E-state index is 12.8. The lowest BCUT2D eigenvalue weighted by atomic mass is 10.1. The van der Waals surface area contributed by atoms with Crippen LogP contribution < -0.4 is 5.32 Å². The first-order chi connectivity index (χ1) is 12.1. The summed E-state index contributed by atoms with van der Waals surface area (Å²) in [5.41, 5.74) is 3.58. The number of pyridine rings is 1. The molecule has 4 rings (SSSR count). The third-order valence-corrected chi connectivity index (χ3v) is 4.61. The molecule has 1 aliphatic carbocycles. The molecule has 5 heteroatoms. The van der Waals surface area contributed by atoms with Crippen molar-refractivity contribution in [1.29, 1.82) is 0 Å². The summed E-state index contributed by atoms with van der Waals surface area (Å²) in [5, 5.41) is 8.30. The van der Waals surface area contributed by atoms with Crippen LogP contribution in [0.25, 0.3) is 11.0 Å². The first-order valence-corrected chi connectivity index (χ1v) is 8.84. The second-order valence-electron chi connectivity index (χ2n) is 6.96. The number of aromatic nitrogens is 3. The van der Waals surface area contributed by atoms with Gasteiger partial charge >= 0.3 is 0 Å². The van der Waals surface area contributed by atoms with Gasteiger partial charge in [-0.2, -0.15) is 5.10 Å². The zero-order chi connectivity index (χ0) is 17.4. The molecular formula is C20H22N4O. The second kappa shape index (κ2) is 6.31. The molecule has 1 fully saturated rings. The second-order valence-corrected chi connectivity index (χ2v) is 6.96. The van der Waals surface area contributed by atoms with Crippen LogP contribution in [-0.4, -0.2) is 20.7 Å². The van der Waals surface area contributed by atoms with E-state index in [4.69, 9.17) is 4.98 Å². The van der Waals surface area contributed by atoms with Gasteiger partial charge < -0.3 is 5.32 Å². The molecule has 25 heavy (non-hydrogen) atoms. The molecule has 1 N–H and O–H groups in total. The number of carbonyl (C=O) groups is 1. The third kappa shape index (κ3) is 3.14. The molecule has 0 unspecified atom stereocenters. The summed E-state index contributed by atoms with van der Waals surface area (Å²) in [6.45, 7) is 4.67. The highest BCUT2D eigenvalue weighted by Gasteiger charge is 2.28. The van der Waals surface area contributed by atoms with Crippen LogP contribution in [0.3, 0.4) is 0 Å². The fourth-order valence-electron chi connectivity index (χ4n) is 3.06. The maximum atomic E-state index is 12.8. The van der Waals surface area contributed by atoms with Gasteiger partial charge in [-0.05, 0) is 38.3 Å². The number of hydrogen-bond acceptors (Lipinski definition) is 3. The molecule has 5 nitrogen and oxygen atoms in total. The van der Waals surface area contributed by atoms with Gasteiger partial charge in [-0.1, -0.05) is 30.3 Å². The van der Waals surface area contributed by atoms with E-state index in [0.717, 1.165) is 35.1 Å². The number of nitrogens with zero attached hydrogens (tertiary/aromatic N) is 3. The van der Waals surface area contributed by atoms with Crippen molar-refractivity contribution in [3.05, 3.63) is 59.4 Å². The van der Waals surface area contributed by atoms with E-state index in [1.54, 1.807) is 6.20 Å². The number of amides is 1. The Kier molecular flexibility index (Phi) is 3.99. The number of benzene rings is 1. The van der Waals surface area contributed by atoms with Crippen LogP contribution in [0.2, 0.25) is 0 Å². The van der Waals surface area contributed by atoms with Crippen LogP contribution in [0.1, 0.15) is 60.3 Å². The lowest BCUT2D eigenvalue weighted by Crippen LogP contribution is -2.23. The van der Waals surface area contributed by atoms with Gasteiger partial charge in [0.25, 0.3) is 5.91 Å². The Labute approximate surface area is 147 Å². The Morgan fingerprint density at radius 3 is 2.72 bits per heavy atom. The van der Waals surface area contributed by atoms with Crippen molar-refractivity contribution in [2.24, 2.45) is 0 Å². The molecule has 2 heterocycles. The predicted molar refractivity (Wildman–Crippen MR) is 97.5 cm³/mol. The third-order valence-electron chi connectivity index (χ3n) is 4.61. The zero-order valence-corrected chi connectivity index (χ0v) is 14.6. The van der Waals surface area contributed by atoms with Crippen molar-refractivity contribution in [2.75, 3.05) is 0 Å². The van der Waals surface area contributed by atoms with E-state index in [1.165, 1.54) is 0 Å². The number of hydrogen-bond donors (Lipinski definition) is 1. The number of fused-ring (bicyclic) bond motifs is 1. The van der Waals surface area contributed by atoms with Gasteiger partial charge in [0.2, 0.25) is 0 Å². The monoisotopic (exact) mass is 334 g/mol. The van der Waals surface area contributed by atoms with Crippen molar-refractivity contribution in [2.45, 2.75) is 45.2 Å². The maximum Gasteiger partial charge on any atom is 0.252 e. The van der Waals surface area contributed by atoms with Crippen molar-refractivity contribution in [1.82, 2.24) is 20.1 Å². The zero-order valence-electron chi connectivity index (χ0n) is 14.6. The van der Waals surface area contributed by atoms with E-state index in [-0.39, 0.29) is 11.9 Å². The first-order valence-electron chi connectivity index (χ1n) is 8.84. The lowest BCUT2D eigenvalue weighted by molar-refractivity contribution is 0.0952. The molecule has 0 spiro atoms. The smallest absolute Gasteiger partial charge is 0.252 e. The Hall–Kier alpha value is -2.69. The molecule has 1 saturated carbocycles. The van der Waals surface area contributed by atoms with Gasteiger partial charge in [0.05, 0.1) is 17.1 Å². The van der Waals surface area contributed by atoms with Crippen molar-refractivity contribution >= 4 is 16.9 Å². The summed E-state index contributed by atoms with van der Waals surface area (Å²) in [6, 6.07) is 12.1. The molecule has 0 radical (unpaired) electrons. The quantitative estimate of drug-likeness (QED) is 0.771. The number of nitrogens with one attached hydrogen (secondary N) is 1. The van der Waals surface area contributed by atoms with E-state index < -0.39 is 0 Å². The molecule has 1 aromatic carbocycles. The normalized spacial score (nSPS) is 14.2. The Morgan fingerprint density at radius 1 is 1.28 bits per heavy atom. The average molecular weight is 334 g/mol. The summed E-state index contributed by atoms with van der Waals surface area (Å²) in [5.74, 6) is 0.419. The van der Waals surface area contributed by atoms with Crippen LogP contribution >= 0.6 is 0 Å². The Bertz CT molecular complexity index is 910. The van der Waals surface area contributed by atoms with E-state index in [0.29, 0.717) is 18.0 Å². The molecule has 1 aliphatic rings. The topological polar surface area (TPSA) is 59.8 Å². The standard InChI is InChI=1S/C20H22N4O/c1-13(2)24-19-17(12-22-24)16(10-18(23-19)15-8-9-15)20(25)21-11-14-6-4-3-5-7-14/h3-7,10,12-13,15H,8-9,11H2,1-2H3,(H,21,25). The molecule has 128 valence electrons. The molecule has 0 aliphatic heterocycles. The Morgan fingerprint density at radius 2 is 2.04 bits per heavy atom. The summed E-state index contributed by atoms with van der Waals surface area (Å²) in [4.78, 5) is 17.6. The summed E-state index contributed by atoms with van der Waals surface area (Å²) >= 11 is 0. The fourth-order valence-corrected chi connectivity index (χ4v) is 3.06. The summed E-state index contributed by atoms with van der Waals surface area (Å²) in [7, 11) is 0. The van der Waals surface area contributed by atoms with E-state index in [2.05, 4.69) is 24.3 Å². The molecular weight excluding hydrogens is 312 g/mol. The van der Waals surface area contributed by atoms with Gasteiger partial charge in [-0.15, -0.1) is 0 Å². The molecule has 2 aromatic heterocycles. The summed E-state index contributed by atoms with van der Waals surface area (Å²) < 4.78 is 1.90. The number of rotatable bonds is 5. The first kappa shape index (κ1) is 15.8. The van der Waals surface area contributed by atoms with Crippen LogP contribution in [0.5, 0.6) is 0 Å². The van der Waals surface area contributed by atoms with E-state index in [9.17, 15) is 4.79 Å². The molecule has 1 amide bonds. The van der Waals surface area contributed by atoms with E-state index in [1.807, 2.05) is 41.1 Å². The van der Waals surface area contributed by atoms with Gasteiger partial charge in [0.1, 0.15) is 0 Å². The van der Waals surface area contributed by atoms with Crippen molar-refractivity contribution in [3.63, 3.8) is 0 Å². The Balaban J connectivity index is 1.68. The molecule has 0 saturated heterocycles. The molecule has 3 aromatic rings. The predicted octanol–water partition coefficient (Wildman–Crippen LogP) is 3.82. The minimum absolute atomic E-state index is 0.0681. The largest absolute Gasteiger partial charge is 0.348 e. The SMILES string of the molecule is CC(C)n1ncc2c(C(=O)NCc3ccccc3)cc(C3CC3)nc21. The van der Waals surface area contributed by atoms with E-state index >= 15 is 0 Å². The highest BCUT2D eigenvalue weighted by atomic mass is 16.1. The van der Waals surface area contributed by atoms with Crippen molar-refractivity contribution < 1.29 is 4.79 Å². The van der Waals surface area contributed by atoms with Crippen LogP contribution in [-0.2, 0) is 6.54 Å². The van der Waals surface area contributed by atoms with Gasteiger partial charge in [0, 0.05) is 24.2 Å². The number of carbonyl (C=O) groups excluding carboxylic acids is 1. The van der Waals surface area contributed by atoms with Gasteiger partial charge in [0.15, 0.2) is 5.65 Å². The van der Waals surface area contributed by atoms with Gasteiger partial charge in [-0.3, -0.25) is 4.79 Å². The highest BCUT2D eigenvalue weighted by Crippen LogP contribution is 2.40. The van der Waals surface area contributed by atoms with Crippen LogP contribution in [0, 0.1) is 0 Å². The molecule has 0 bridgehead atoms. The minimum atomic E-state index is -0.0681.